The molecule has 2 heterocycles. The summed E-state index contributed by atoms with van der Waals surface area (Å²) in [5.41, 5.74) is 1.57. The van der Waals surface area contributed by atoms with E-state index >= 15 is 0 Å². The molecule has 1 unspecified atom stereocenters. The van der Waals surface area contributed by atoms with E-state index in [1.165, 1.54) is 17.4 Å². The highest BCUT2D eigenvalue weighted by Crippen LogP contribution is 2.41. The zero-order chi connectivity index (χ0) is 21.3. The van der Waals surface area contributed by atoms with E-state index < -0.39 is 0 Å². The van der Waals surface area contributed by atoms with Gasteiger partial charge < -0.3 is 19.1 Å². The number of methoxy groups -OCH3 is 3. The van der Waals surface area contributed by atoms with Crippen molar-refractivity contribution in [3.05, 3.63) is 58.2 Å². The quantitative estimate of drug-likeness (QED) is 0.542. The van der Waals surface area contributed by atoms with Crippen LogP contribution in [0.5, 0.6) is 11.5 Å². The molecule has 1 aliphatic rings. The van der Waals surface area contributed by atoms with Crippen molar-refractivity contribution in [3.63, 3.8) is 0 Å². The van der Waals surface area contributed by atoms with Gasteiger partial charge in [0.1, 0.15) is 17.3 Å². The monoisotopic (exact) mass is 429 g/mol. The lowest BCUT2D eigenvalue weighted by Crippen LogP contribution is -2.30. The Bertz CT molecular complexity index is 1080. The number of ether oxygens (including phenoxy) is 3. The van der Waals surface area contributed by atoms with E-state index in [2.05, 4.69) is 0 Å². The number of fused-ring (bicyclic) bond motifs is 1. The summed E-state index contributed by atoms with van der Waals surface area (Å²) >= 11 is 1.32. The van der Waals surface area contributed by atoms with Gasteiger partial charge in [-0.3, -0.25) is 4.79 Å². The molecule has 0 radical (unpaired) electrons. The van der Waals surface area contributed by atoms with E-state index in [-0.39, 0.29) is 24.4 Å². The summed E-state index contributed by atoms with van der Waals surface area (Å²) in [6, 6.07) is 10.5. The number of hydrogen-bond acceptors (Lipinski definition) is 5. The van der Waals surface area contributed by atoms with Gasteiger partial charge in [-0.15, -0.1) is 11.3 Å². The minimum atomic E-state index is -0.329. The lowest BCUT2D eigenvalue weighted by Gasteiger charge is -2.26. The summed E-state index contributed by atoms with van der Waals surface area (Å²) in [6.45, 7) is 0.828. The number of benzene rings is 2. The zero-order valence-electron chi connectivity index (χ0n) is 17.2. The molecule has 0 N–H and O–H groups in total. The van der Waals surface area contributed by atoms with Gasteiger partial charge in [0, 0.05) is 40.9 Å². The van der Waals surface area contributed by atoms with E-state index in [1.54, 1.807) is 27.4 Å². The number of hydrogen-bond donors (Lipinski definition) is 0. The molecule has 0 bridgehead atoms. The highest BCUT2D eigenvalue weighted by atomic mass is 32.1. The van der Waals surface area contributed by atoms with E-state index in [0.29, 0.717) is 33.9 Å². The van der Waals surface area contributed by atoms with Crippen LogP contribution in [0.4, 0.5) is 4.39 Å². The second-order valence-corrected chi connectivity index (χ2v) is 8.27. The molecule has 0 aliphatic carbocycles. The number of carbonyl (C=O) groups excluding carboxylic acids is 1. The topological polar surface area (TPSA) is 48.0 Å². The normalized spacial score (nSPS) is 16.3. The third-order valence-corrected chi connectivity index (χ3v) is 6.74. The Morgan fingerprint density at radius 2 is 2.03 bits per heavy atom. The second-order valence-electron chi connectivity index (χ2n) is 7.22. The first-order valence-electron chi connectivity index (χ1n) is 9.80. The van der Waals surface area contributed by atoms with Gasteiger partial charge in [-0.05, 0) is 37.1 Å². The summed E-state index contributed by atoms with van der Waals surface area (Å²) < 4.78 is 31.5. The number of thiophene rings is 1. The smallest absolute Gasteiger partial charge is 0.264 e. The fourth-order valence-electron chi connectivity index (χ4n) is 4.18. The molecule has 5 nitrogen and oxygen atoms in total. The molecular formula is C23H24FNO4S. The van der Waals surface area contributed by atoms with Gasteiger partial charge in [0.25, 0.3) is 5.91 Å². The van der Waals surface area contributed by atoms with Crippen molar-refractivity contribution in [2.75, 3.05) is 27.9 Å². The molecule has 4 rings (SSSR count). The van der Waals surface area contributed by atoms with E-state index in [9.17, 15) is 9.18 Å². The Labute approximate surface area is 179 Å². The van der Waals surface area contributed by atoms with E-state index in [0.717, 1.165) is 23.1 Å². The molecule has 1 amide bonds. The molecule has 3 aromatic rings. The van der Waals surface area contributed by atoms with Crippen molar-refractivity contribution < 1.29 is 23.4 Å². The van der Waals surface area contributed by atoms with Crippen molar-refractivity contribution in [2.45, 2.75) is 25.5 Å². The van der Waals surface area contributed by atoms with Crippen molar-refractivity contribution in [1.82, 2.24) is 4.90 Å². The molecule has 1 atom stereocenters. The molecule has 1 saturated heterocycles. The predicted molar refractivity (Wildman–Crippen MR) is 115 cm³/mol. The molecule has 1 aliphatic heterocycles. The maximum absolute atomic E-state index is 14.5. The largest absolute Gasteiger partial charge is 0.497 e. The molecule has 2 aromatic carbocycles. The second kappa shape index (κ2) is 8.62. The van der Waals surface area contributed by atoms with Crippen LogP contribution in [0.25, 0.3) is 10.1 Å². The Morgan fingerprint density at radius 1 is 1.20 bits per heavy atom. The van der Waals surface area contributed by atoms with Gasteiger partial charge in [0.05, 0.1) is 31.7 Å². The molecule has 0 saturated carbocycles. The van der Waals surface area contributed by atoms with Crippen LogP contribution in [0.3, 0.4) is 0 Å². The van der Waals surface area contributed by atoms with E-state index in [4.69, 9.17) is 14.2 Å². The van der Waals surface area contributed by atoms with Crippen molar-refractivity contribution in [1.29, 1.82) is 0 Å². The number of amides is 1. The number of rotatable bonds is 6. The molecule has 30 heavy (non-hydrogen) atoms. The van der Waals surface area contributed by atoms with Crippen LogP contribution in [0.15, 0.2) is 36.4 Å². The molecular weight excluding hydrogens is 405 g/mol. The minimum absolute atomic E-state index is 0.0944. The Morgan fingerprint density at radius 3 is 2.77 bits per heavy atom. The number of halogens is 1. The fourth-order valence-corrected chi connectivity index (χ4v) is 5.36. The summed E-state index contributed by atoms with van der Waals surface area (Å²) in [5.74, 6) is 0.972. The summed E-state index contributed by atoms with van der Waals surface area (Å²) in [7, 11) is 4.78. The average Bonchev–Trinajstić information content (AvgIpc) is 3.39. The van der Waals surface area contributed by atoms with Crippen LogP contribution in [-0.4, -0.2) is 38.7 Å². The lowest BCUT2D eigenvalue weighted by molar-refractivity contribution is 0.0735. The fraction of sp³-hybridized carbons (Fsp3) is 0.348. The summed E-state index contributed by atoms with van der Waals surface area (Å²) in [5, 5.41) is 0.477. The Balaban J connectivity index is 1.75. The highest BCUT2D eigenvalue weighted by Gasteiger charge is 2.35. The zero-order valence-corrected chi connectivity index (χ0v) is 18.1. The molecule has 158 valence electrons. The SMILES string of the molecule is COCc1c(C(=O)N2CCCC2c2ccc(OC)cc2OC)sc2cccc(F)c12. The van der Waals surface area contributed by atoms with Gasteiger partial charge in [-0.2, -0.15) is 0 Å². The molecule has 0 spiro atoms. The van der Waals surface area contributed by atoms with Crippen LogP contribution < -0.4 is 9.47 Å². The standard InChI is InChI=1S/C23H24FNO4S/c1-27-13-16-21-17(24)6-4-8-20(21)30-22(16)23(26)25-11-5-7-18(25)15-10-9-14(28-2)12-19(15)29-3/h4,6,8-10,12,18H,5,7,11,13H2,1-3H3. The summed E-state index contributed by atoms with van der Waals surface area (Å²) in [4.78, 5) is 16.0. The van der Waals surface area contributed by atoms with Crippen LogP contribution >= 0.6 is 11.3 Å². The maximum Gasteiger partial charge on any atom is 0.264 e. The third-order valence-electron chi connectivity index (χ3n) is 5.56. The van der Waals surface area contributed by atoms with Crippen LogP contribution in [0.2, 0.25) is 0 Å². The van der Waals surface area contributed by atoms with Crippen LogP contribution in [0, 0.1) is 5.82 Å². The lowest BCUT2D eigenvalue weighted by atomic mass is 10.0. The van der Waals surface area contributed by atoms with E-state index in [1.807, 2.05) is 29.2 Å². The minimum Gasteiger partial charge on any atom is -0.497 e. The maximum atomic E-state index is 14.5. The van der Waals surface area contributed by atoms with Crippen LogP contribution in [0.1, 0.15) is 39.7 Å². The Kier molecular flexibility index (Phi) is 5.92. The highest BCUT2D eigenvalue weighted by molar-refractivity contribution is 7.21. The van der Waals surface area contributed by atoms with Gasteiger partial charge in [-0.25, -0.2) is 4.39 Å². The van der Waals surface area contributed by atoms with Gasteiger partial charge >= 0.3 is 0 Å². The van der Waals surface area contributed by atoms with Crippen molar-refractivity contribution in [2.24, 2.45) is 0 Å². The first kappa shape index (κ1) is 20.6. The molecule has 1 aromatic heterocycles. The summed E-state index contributed by atoms with van der Waals surface area (Å²) in [6.07, 6.45) is 1.73. The number of nitrogens with zero attached hydrogens (tertiary/aromatic N) is 1. The van der Waals surface area contributed by atoms with Gasteiger partial charge in [0.2, 0.25) is 0 Å². The number of carbonyl (C=O) groups is 1. The average molecular weight is 430 g/mol. The van der Waals surface area contributed by atoms with Crippen molar-refractivity contribution >= 4 is 27.3 Å². The first-order chi connectivity index (χ1) is 14.6. The molecule has 7 heteroatoms. The Hall–Kier alpha value is -2.64. The number of likely N-dealkylation sites (tertiary alicyclic amines) is 1. The first-order valence-corrected chi connectivity index (χ1v) is 10.6. The van der Waals surface area contributed by atoms with Crippen LogP contribution in [-0.2, 0) is 11.3 Å². The van der Waals surface area contributed by atoms with Gasteiger partial charge in [-0.1, -0.05) is 6.07 Å². The molecule has 1 fully saturated rings. The van der Waals surface area contributed by atoms with Gasteiger partial charge in [0.15, 0.2) is 0 Å². The van der Waals surface area contributed by atoms with Crippen molar-refractivity contribution in [3.8, 4) is 11.5 Å². The third kappa shape index (κ3) is 3.52. The predicted octanol–water partition coefficient (Wildman–Crippen LogP) is 5.18.